The van der Waals surface area contributed by atoms with Crippen LogP contribution in [-0.2, 0) is 12.6 Å². The van der Waals surface area contributed by atoms with Crippen LogP contribution in [0.4, 0.5) is 13.2 Å². The molecule has 0 aliphatic heterocycles. The fourth-order valence-corrected chi connectivity index (χ4v) is 2.38. The molecule has 0 saturated heterocycles. The molecule has 1 atom stereocenters. The number of hydrogen-bond donors (Lipinski definition) is 1. The van der Waals surface area contributed by atoms with Crippen molar-refractivity contribution in [1.82, 2.24) is 0 Å². The molecular weight excluding hydrogens is 275 g/mol. The molecule has 0 amide bonds. The molecule has 0 aliphatic carbocycles. The van der Waals surface area contributed by atoms with Gasteiger partial charge in [-0.2, -0.15) is 13.2 Å². The minimum atomic E-state index is -4.29. The van der Waals surface area contributed by atoms with Crippen LogP contribution in [0.5, 0.6) is 0 Å². The predicted molar refractivity (Wildman–Crippen MR) is 78.1 cm³/mol. The lowest BCUT2D eigenvalue weighted by Crippen LogP contribution is -2.15. The van der Waals surface area contributed by atoms with Crippen molar-refractivity contribution >= 4 is 0 Å². The molecule has 0 radical (unpaired) electrons. The zero-order valence-corrected chi connectivity index (χ0v) is 11.8. The fraction of sp³-hybridized carbons (Fsp3) is 0.294. The summed E-state index contributed by atoms with van der Waals surface area (Å²) < 4.78 is 37.6. The van der Waals surface area contributed by atoms with E-state index in [0.717, 1.165) is 28.8 Å². The monoisotopic (exact) mass is 293 g/mol. The number of halogens is 3. The summed E-state index contributed by atoms with van der Waals surface area (Å²) in [4.78, 5) is 0. The number of rotatable bonds is 4. The molecule has 0 spiro atoms. The smallest absolute Gasteiger partial charge is 0.330 e. The molecule has 112 valence electrons. The quantitative estimate of drug-likeness (QED) is 0.893. The van der Waals surface area contributed by atoms with Crippen molar-refractivity contribution in [2.75, 3.05) is 6.54 Å². The Labute approximate surface area is 122 Å². The Bertz CT molecular complexity index is 588. The molecule has 2 rings (SSSR count). The molecule has 0 aliphatic rings. The third-order valence-electron chi connectivity index (χ3n) is 3.56. The van der Waals surface area contributed by atoms with Crippen LogP contribution in [0.15, 0.2) is 48.5 Å². The molecule has 2 aromatic carbocycles. The first kappa shape index (κ1) is 15.6. The fourth-order valence-electron chi connectivity index (χ4n) is 2.38. The zero-order valence-electron chi connectivity index (χ0n) is 11.8. The van der Waals surface area contributed by atoms with Crippen LogP contribution in [0, 0.1) is 6.92 Å². The average molecular weight is 293 g/mol. The average Bonchev–Trinajstić information content (AvgIpc) is 2.44. The maximum absolute atomic E-state index is 12.5. The van der Waals surface area contributed by atoms with Gasteiger partial charge in [-0.1, -0.05) is 42.0 Å². The van der Waals surface area contributed by atoms with Gasteiger partial charge >= 0.3 is 6.18 Å². The Hall–Kier alpha value is -1.81. The normalized spacial score (nSPS) is 13.2. The second-order valence-electron chi connectivity index (χ2n) is 5.25. The summed E-state index contributed by atoms with van der Waals surface area (Å²) in [5.74, 6) is 0.113. The van der Waals surface area contributed by atoms with Gasteiger partial charge in [-0.3, -0.25) is 0 Å². The summed E-state index contributed by atoms with van der Waals surface area (Å²) in [7, 11) is 0. The molecule has 21 heavy (non-hydrogen) atoms. The van der Waals surface area contributed by atoms with Gasteiger partial charge < -0.3 is 5.73 Å². The first-order valence-corrected chi connectivity index (χ1v) is 6.83. The molecular formula is C17H18F3N. The Morgan fingerprint density at radius 3 is 2.24 bits per heavy atom. The molecule has 2 aromatic rings. The van der Waals surface area contributed by atoms with E-state index in [1.165, 1.54) is 12.1 Å². The molecule has 0 saturated carbocycles. The van der Waals surface area contributed by atoms with E-state index >= 15 is 0 Å². The molecule has 0 aromatic heterocycles. The Balaban J connectivity index is 2.15. The molecule has 4 heteroatoms. The molecule has 1 unspecified atom stereocenters. The van der Waals surface area contributed by atoms with Gasteiger partial charge in [0.15, 0.2) is 0 Å². The van der Waals surface area contributed by atoms with Gasteiger partial charge in [0.1, 0.15) is 0 Å². The van der Waals surface area contributed by atoms with E-state index in [-0.39, 0.29) is 5.92 Å². The highest BCUT2D eigenvalue weighted by atomic mass is 19.4. The van der Waals surface area contributed by atoms with E-state index in [2.05, 4.69) is 6.07 Å². The van der Waals surface area contributed by atoms with Crippen LogP contribution >= 0.6 is 0 Å². The molecule has 1 nitrogen and oxygen atoms in total. The molecule has 0 bridgehead atoms. The van der Waals surface area contributed by atoms with Gasteiger partial charge in [-0.05, 0) is 43.1 Å². The Kier molecular flexibility index (Phi) is 4.68. The van der Waals surface area contributed by atoms with Crippen LogP contribution in [0.1, 0.15) is 28.2 Å². The van der Waals surface area contributed by atoms with Crippen molar-refractivity contribution in [3.63, 3.8) is 0 Å². The predicted octanol–water partition coefficient (Wildman–Crippen LogP) is 4.30. The van der Waals surface area contributed by atoms with Crippen molar-refractivity contribution in [2.45, 2.75) is 25.4 Å². The van der Waals surface area contributed by atoms with Gasteiger partial charge in [0.05, 0.1) is 5.56 Å². The first-order chi connectivity index (χ1) is 9.90. The van der Waals surface area contributed by atoms with Crippen molar-refractivity contribution in [1.29, 1.82) is 0 Å². The lowest BCUT2D eigenvalue weighted by Gasteiger charge is -2.16. The molecule has 0 fully saturated rings. The van der Waals surface area contributed by atoms with Crippen molar-refractivity contribution < 1.29 is 13.2 Å². The van der Waals surface area contributed by atoms with Gasteiger partial charge in [-0.25, -0.2) is 0 Å². The lowest BCUT2D eigenvalue weighted by atomic mass is 9.91. The van der Waals surface area contributed by atoms with Crippen molar-refractivity contribution in [2.24, 2.45) is 5.73 Å². The largest absolute Gasteiger partial charge is 0.416 e. The van der Waals surface area contributed by atoms with E-state index in [4.69, 9.17) is 5.73 Å². The number of benzene rings is 2. The minimum absolute atomic E-state index is 0.113. The van der Waals surface area contributed by atoms with E-state index in [0.29, 0.717) is 13.0 Å². The summed E-state index contributed by atoms with van der Waals surface area (Å²) in [5, 5.41) is 0. The Morgan fingerprint density at radius 2 is 1.71 bits per heavy atom. The summed E-state index contributed by atoms with van der Waals surface area (Å²) in [5.41, 5.74) is 8.34. The number of aryl methyl sites for hydroxylation is 1. The SMILES string of the molecule is Cc1cccc(C(CN)Cc2ccc(C(F)(F)F)cc2)c1. The maximum atomic E-state index is 12.5. The van der Waals surface area contributed by atoms with Crippen LogP contribution in [0.2, 0.25) is 0 Å². The van der Waals surface area contributed by atoms with Crippen molar-refractivity contribution in [3.8, 4) is 0 Å². The standard InChI is InChI=1S/C17H18F3N/c1-12-3-2-4-14(9-12)15(11-21)10-13-5-7-16(8-6-13)17(18,19)20/h2-9,15H,10-11,21H2,1H3. The van der Waals surface area contributed by atoms with E-state index in [1.807, 2.05) is 25.1 Å². The van der Waals surface area contributed by atoms with E-state index in [9.17, 15) is 13.2 Å². The topological polar surface area (TPSA) is 26.0 Å². The third-order valence-corrected chi connectivity index (χ3v) is 3.56. The van der Waals surface area contributed by atoms with Crippen LogP contribution < -0.4 is 5.73 Å². The van der Waals surface area contributed by atoms with Gasteiger partial charge in [0.2, 0.25) is 0 Å². The summed E-state index contributed by atoms with van der Waals surface area (Å²) in [6.07, 6.45) is -3.65. The number of nitrogens with two attached hydrogens (primary N) is 1. The maximum Gasteiger partial charge on any atom is 0.416 e. The number of alkyl halides is 3. The summed E-state index contributed by atoms with van der Waals surface area (Å²) in [6.45, 7) is 2.47. The molecule has 2 N–H and O–H groups in total. The first-order valence-electron chi connectivity index (χ1n) is 6.83. The van der Waals surface area contributed by atoms with Gasteiger partial charge in [-0.15, -0.1) is 0 Å². The van der Waals surface area contributed by atoms with Crippen LogP contribution in [0.3, 0.4) is 0 Å². The molecule has 0 heterocycles. The minimum Gasteiger partial charge on any atom is -0.330 e. The van der Waals surface area contributed by atoms with Crippen LogP contribution in [-0.4, -0.2) is 6.54 Å². The lowest BCUT2D eigenvalue weighted by molar-refractivity contribution is -0.137. The van der Waals surface area contributed by atoms with Crippen LogP contribution in [0.25, 0.3) is 0 Å². The van der Waals surface area contributed by atoms with Gasteiger partial charge in [0, 0.05) is 5.92 Å². The second kappa shape index (κ2) is 6.31. The highest BCUT2D eigenvalue weighted by Crippen LogP contribution is 2.30. The third kappa shape index (κ3) is 4.08. The summed E-state index contributed by atoms with van der Waals surface area (Å²) >= 11 is 0. The number of hydrogen-bond acceptors (Lipinski definition) is 1. The Morgan fingerprint density at radius 1 is 1.05 bits per heavy atom. The van der Waals surface area contributed by atoms with E-state index in [1.54, 1.807) is 0 Å². The highest BCUT2D eigenvalue weighted by Gasteiger charge is 2.29. The van der Waals surface area contributed by atoms with Crippen molar-refractivity contribution in [3.05, 3.63) is 70.8 Å². The second-order valence-corrected chi connectivity index (χ2v) is 5.25. The zero-order chi connectivity index (χ0) is 15.5. The van der Waals surface area contributed by atoms with Gasteiger partial charge in [0.25, 0.3) is 0 Å². The highest BCUT2D eigenvalue weighted by molar-refractivity contribution is 5.30. The van der Waals surface area contributed by atoms with E-state index < -0.39 is 11.7 Å². The summed E-state index contributed by atoms with van der Waals surface area (Å²) in [6, 6.07) is 13.4.